The zero-order valence-corrected chi connectivity index (χ0v) is 22.6. The smallest absolute Gasteiger partial charge is 0.124 e. The SMILES string of the molecule is C=C(C1=C(C)CNC1=S)N1CCC(CN/C(=C/C(C)c2ccccc2C)n2ncc(C)c2C)CC1. The topological polar surface area (TPSA) is 45.1 Å². The third-order valence-corrected chi connectivity index (χ3v) is 7.94. The first-order valence-corrected chi connectivity index (χ1v) is 13.1. The number of allylic oxidation sites excluding steroid dienone is 1. The summed E-state index contributed by atoms with van der Waals surface area (Å²) >= 11 is 5.51. The number of nitrogens with one attached hydrogen (secondary N) is 2. The summed E-state index contributed by atoms with van der Waals surface area (Å²) in [5.41, 5.74) is 8.58. The maximum atomic E-state index is 5.51. The Bertz CT molecular complexity index is 1160. The Hall–Kier alpha value is -2.86. The molecule has 6 heteroatoms. The Morgan fingerprint density at radius 2 is 1.91 bits per heavy atom. The van der Waals surface area contributed by atoms with Gasteiger partial charge in [0.25, 0.3) is 0 Å². The second-order valence-corrected chi connectivity index (χ2v) is 10.5. The van der Waals surface area contributed by atoms with E-state index in [2.05, 4.69) is 96.9 Å². The van der Waals surface area contributed by atoms with Gasteiger partial charge in [-0.1, -0.05) is 50.0 Å². The van der Waals surface area contributed by atoms with Crippen molar-refractivity contribution >= 4 is 23.0 Å². The number of hydrogen-bond donors (Lipinski definition) is 2. The molecule has 1 aromatic heterocycles. The van der Waals surface area contributed by atoms with Crippen molar-refractivity contribution < 1.29 is 0 Å². The van der Waals surface area contributed by atoms with Crippen molar-refractivity contribution in [3.63, 3.8) is 0 Å². The van der Waals surface area contributed by atoms with Gasteiger partial charge >= 0.3 is 0 Å². The van der Waals surface area contributed by atoms with Gasteiger partial charge in [0.15, 0.2) is 0 Å². The maximum Gasteiger partial charge on any atom is 0.124 e. The molecule has 186 valence electrons. The lowest BCUT2D eigenvalue weighted by molar-refractivity contribution is 0.231. The third-order valence-electron chi connectivity index (χ3n) is 7.59. The molecule has 0 radical (unpaired) electrons. The van der Waals surface area contributed by atoms with Crippen LogP contribution in [0.5, 0.6) is 0 Å². The van der Waals surface area contributed by atoms with E-state index in [0.29, 0.717) is 5.92 Å². The Morgan fingerprint density at radius 3 is 2.51 bits per heavy atom. The fourth-order valence-electron chi connectivity index (χ4n) is 5.14. The molecule has 1 atom stereocenters. The standard InChI is InChI=1S/C29H39N5S/c1-19-9-7-8-10-26(19)20(2)15-27(34-23(5)21(3)17-32-34)30-18-25-11-13-33(14-12-25)24(6)28-22(4)16-31-29(28)35/h7-10,15,17,20,25,30H,6,11-14,16,18H2,1-5H3,(H,31,35)/b27-15-. The van der Waals surface area contributed by atoms with Gasteiger partial charge in [0, 0.05) is 49.1 Å². The summed E-state index contributed by atoms with van der Waals surface area (Å²) in [6.07, 6.45) is 6.54. The number of hydrogen-bond acceptors (Lipinski definition) is 4. The molecule has 35 heavy (non-hydrogen) atoms. The highest BCUT2D eigenvalue weighted by Crippen LogP contribution is 2.28. The first-order chi connectivity index (χ1) is 16.8. The quantitative estimate of drug-likeness (QED) is 0.481. The molecule has 2 aliphatic heterocycles. The fourth-order valence-corrected chi connectivity index (χ4v) is 5.50. The molecule has 5 nitrogen and oxygen atoms in total. The molecule has 0 bridgehead atoms. The lowest BCUT2D eigenvalue weighted by atomic mass is 9.94. The molecule has 1 fully saturated rings. The summed E-state index contributed by atoms with van der Waals surface area (Å²) in [4.78, 5) is 3.26. The minimum Gasteiger partial charge on any atom is -0.372 e. The molecular formula is C29H39N5S. The molecule has 0 saturated carbocycles. The minimum absolute atomic E-state index is 0.285. The Labute approximate surface area is 216 Å². The van der Waals surface area contributed by atoms with Crippen molar-refractivity contribution in [1.82, 2.24) is 25.3 Å². The van der Waals surface area contributed by atoms with Crippen molar-refractivity contribution in [2.45, 2.75) is 53.4 Å². The van der Waals surface area contributed by atoms with Crippen molar-refractivity contribution in [1.29, 1.82) is 0 Å². The van der Waals surface area contributed by atoms with E-state index in [9.17, 15) is 0 Å². The Kier molecular flexibility index (Phi) is 7.80. The van der Waals surface area contributed by atoms with Crippen molar-refractivity contribution in [2.24, 2.45) is 5.92 Å². The van der Waals surface area contributed by atoms with E-state index in [4.69, 9.17) is 12.2 Å². The van der Waals surface area contributed by atoms with E-state index in [0.717, 1.165) is 61.1 Å². The molecule has 1 saturated heterocycles. The lowest BCUT2D eigenvalue weighted by Crippen LogP contribution is -2.38. The van der Waals surface area contributed by atoms with Gasteiger partial charge in [-0.3, -0.25) is 0 Å². The monoisotopic (exact) mass is 489 g/mol. The summed E-state index contributed by atoms with van der Waals surface area (Å²) in [6.45, 7) is 19.0. The molecule has 0 spiro atoms. The number of aryl methyl sites for hydroxylation is 2. The average Bonchev–Trinajstić information content (AvgIpc) is 3.36. The van der Waals surface area contributed by atoms with Crippen molar-refractivity contribution in [2.75, 3.05) is 26.2 Å². The maximum absolute atomic E-state index is 5.51. The van der Waals surface area contributed by atoms with E-state index in [1.807, 2.05) is 6.20 Å². The largest absolute Gasteiger partial charge is 0.372 e. The van der Waals surface area contributed by atoms with Gasteiger partial charge in [0.1, 0.15) is 10.8 Å². The predicted octanol–water partition coefficient (Wildman–Crippen LogP) is 5.47. The molecule has 2 N–H and O–H groups in total. The highest BCUT2D eigenvalue weighted by Gasteiger charge is 2.26. The van der Waals surface area contributed by atoms with E-state index in [1.165, 1.54) is 28.0 Å². The first kappa shape index (κ1) is 25.2. The second kappa shape index (κ2) is 10.8. The number of rotatable bonds is 8. The number of benzene rings is 1. The Morgan fingerprint density at radius 1 is 1.20 bits per heavy atom. The van der Waals surface area contributed by atoms with E-state index in [1.54, 1.807) is 0 Å². The lowest BCUT2D eigenvalue weighted by Gasteiger charge is -2.35. The van der Waals surface area contributed by atoms with E-state index < -0.39 is 0 Å². The van der Waals surface area contributed by atoms with Gasteiger partial charge in [-0.25, -0.2) is 4.68 Å². The van der Waals surface area contributed by atoms with Crippen LogP contribution in [0.25, 0.3) is 5.82 Å². The van der Waals surface area contributed by atoms with Crippen LogP contribution in [0.1, 0.15) is 55.0 Å². The van der Waals surface area contributed by atoms with Gasteiger partial charge in [-0.2, -0.15) is 5.10 Å². The molecule has 0 aliphatic carbocycles. The molecule has 1 unspecified atom stereocenters. The zero-order chi connectivity index (χ0) is 25.1. The van der Waals surface area contributed by atoms with Crippen LogP contribution in [-0.4, -0.2) is 45.8 Å². The van der Waals surface area contributed by atoms with Gasteiger partial charge in [-0.05, 0) is 74.8 Å². The fraction of sp³-hybridized carbons (Fsp3) is 0.448. The van der Waals surface area contributed by atoms with Crippen LogP contribution in [-0.2, 0) is 0 Å². The first-order valence-electron chi connectivity index (χ1n) is 12.7. The van der Waals surface area contributed by atoms with Gasteiger partial charge in [0.2, 0.25) is 0 Å². The number of piperidine rings is 1. The summed E-state index contributed by atoms with van der Waals surface area (Å²) in [5.74, 6) is 1.96. The zero-order valence-electron chi connectivity index (χ0n) is 21.8. The Balaban J connectivity index is 1.43. The molecule has 2 aromatic rings. The molecule has 1 aromatic carbocycles. The second-order valence-electron chi connectivity index (χ2n) is 10.1. The predicted molar refractivity (Wildman–Crippen MR) is 150 cm³/mol. The normalized spacial score (nSPS) is 18.1. The van der Waals surface area contributed by atoms with Crippen LogP contribution < -0.4 is 10.6 Å². The van der Waals surface area contributed by atoms with Gasteiger partial charge in [-0.15, -0.1) is 0 Å². The van der Waals surface area contributed by atoms with Crippen LogP contribution in [0.3, 0.4) is 0 Å². The summed E-state index contributed by atoms with van der Waals surface area (Å²) in [7, 11) is 0. The van der Waals surface area contributed by atoms with Gasteiger partial charge in [0.05, 0.1) is 6.20 Å². The molecule has 0 amide bonds. The van der Waals surface area contributed by atoms with Crippen LogP contribution >= 0.6 is 12.2 Å². The molecular weight excluding hydrogens is 450 g/mol. The van der Waals surface area contributed by atoms with Crippen LogP contribution in [0.4, 0.5) is 0 Å². The highest BCUT2D eigenvalue weighted by atomic mass is 32.1. The van der Waals surface area contributed by atoms with E-state index in [-0.39, 0.29) is 5.92 Å². The van der Waals surface area contributed by atoms with Crippen molar-refractivity contribution in [3.8, 4) is 0 Å². The molecule has 3 heterocycles. The number of likely N-dealkylation sites (tertiary alicyclic amines) is 1. The third kappa shape index (κ3) is 5.53. The van der Waals surface area contributed by atoms with Crippen molar-refractivity contribution in [3.05, 3.63) is 82.3 Å². The number of thiocarbonyl (C=S) groups is 1. The highest BCUT2D eigenvalue weighted by molar-refractivity contribution is 7.80. The number of aromatic nitrogens is 2. The van der Waals surface area contributed by atoms with Gasteiger partial charge < -0.3 is 15.5 Å². The summed E-state index contributed by atoms with van der Waals surface area (Å²) in [5, 5.41) is 11.7. The summed E-state index contributed by atoms with van der Waals surface area (Å²) in [6, 6.07) is 8.63. The minimum atomic E-state index is 0.285. The summed E-state index contributed by atoms with van der Waals surface area (Å²) < 4.78 is 2.06. The molecule has 2 aliphatic rings. The van der Waals surface area contributed by atoms with Crippen LogP contribution in [0.2, 0.25) is 0 Å². The van der Waals surface area contributed by atoms with E-state index >= 15 is 0 Å². The van der Waals surface area contributed by atoms with Crippen LogP contribution in [0, 0.1) is 26.7 Å². The average molecular weight is 490 g/mol. The molecule has 4 rings (SSSR count). The van der Waals surface area contributed by atoms with Crippen LogP contribution in [0.15, 0.2) is 60.0 Å². The number of nitrogens with zero attached hydrogens (tertiary/aromatic N) is 3.